The summed E-state index contributed by atoms with van der Waals surface area (Å²) in [5.41, 5.74) is 1.09. The largest absolute Gasteiger partial charge is 0.497 e. The Morgan fingerprint density at radius 3 is 2.61 bits per heavy atom. The minimum absolute atomic E-state index is 0.0542. The minimum Gasteiger partial charge on any atom is -0.497 e. The van der Waals surface area contributed by atoms with Gasteiger partial charge in [-0.3, -0.25) is 4.79 Å². The van der Waals surface area contributed by atoms with Gasteiger partial charge < -0.3 is 14.8 Å². The van der Waals surface area contributed by atoms with Gasteiger partial charge in [-0.2, -0.15) is 0 Å². The maximum absolute atomic E-state index is 13.5. The van der Waals surface area contributed by atoms with Crippen molar-refractivity contribution in [3.05, 3.63) is 58.3 Å². The van der Waals surface area contributed by atoms with E-state index in [0.717, 1.165) is 11.3 Å². The van der Waals surface area contributed by atoms with Crippen molar-refractivity contribution in [2.45, 2.75) is 6.42 Å². The first-order valence-corrected chi connectivity index (χ1v) is 7.85. The summed E-state index contributed by atoms with van der Waals surface area (Å²) in [7, 11) is 1.61. The molecule has 2 aromatic carbocycles. The molecule has 1 amide bonds. The SMILES string of the molecule is COc1ccc(CCNC(=O)COc2ccc(Br)cc2F)cc1. The molecule has 0 heterocycles. The highest BCUT2D eigenvalue weighted by Gasteiger charge is 2.07. The Kier molecular flexibility index (Phi) is 6.40. The summed E-state index contributed by atoms with van der Waals surface area (Å²) in [5, 5.41) is 2.73. The molecule has 2 aromatic rings. The molecule has 0 atom stereocenters. The number of nitrogens with one attached hydrogen (secondary N) is 1. The lowest BCUT2D eigenvalue weighted by molar-refractivity contribution is -0.123. The molecular weight excluding hydrogens is 365 g/mol. The van der Waals surface area contributed by atoms with Crippen LogP contribution in [-0.4, -0.2) is 26.2 Å². The summed E-state index contributed by atoms with van der Waals surface area (Å²) < 4.78 is 24.4. The Balaban J connectivity index is 1.72. The molecule has 0 bridgehead atoms. The lowest BCUT2D eigenvalue weighted by Crippen LogP contribution is -2.30. The van der Waals surface area contributed by atoms with E-state index < -0.39 is 5.82 Å². The van der Waals surface area contributed by atoms with E-state index in [4.69, 9.17) is 9.47 Å². The first-order valence-electron chi connectivity index (χ1n) is 7.06. The number of ether oxygens (including phenoxy) is 2. The maximum atomic E-state index is 13.5. The van der Waals surface area contributed by atoms with Crippen LogP contribution in [0.3, 0.4) is 0 Å². The number of benzene rings is 2. The second-order valence-electron chi connectivity index (χ2n) is 4.81. The zero-order valence-corrected chi connectivity index (χ0v) is 14.2. The van der Waals surface area contributed by atoms with E-state index in [2.05, 4.69) is 21.2 Å². The Labute approximate surface area is 142 Å². The van der Waals surface area contributed by atoms with Crippen LogP contribution in [0.5, 0.6) is 11.5 Å². The van der Waals surface area contributed by atoms with Crippen LogP contribution in [-0.2, 0) is 11.2 Å². The van der Waals surface area contributed by atoms with Gasteiger partial charge in [-0.1, -0.05) is 28.1 Å². The molecule has 0 unspecified atom stereocenters. The van der Waals surface area contributed by atoms with Crippen molar-refractivity contribution in [1.29, 1.82) is 0 Å². The first-order chi connectivity index (χ1) is 11.1. The van der Waals surface area contributed by atoms with Crippen LogP contribution in [0.1, 0.15) is 5.56 Å². The number of carbonyl (C=O) groups is 1. The first kappa shape index (κ1) is 17.3. The van der Waals surface area contributed by atoms with Crippen molar-refractivity contribution >= 4 is 21.8 Å². The van der Waals surface area contributed by atoms with Crippen LogP contribution in [0.4, 0.5) is 4.39 Å². The molecule has 4 nitrogen and oxygen atoms in total. The third-order valence-corrected chi connectivity index (χ3v) is 3.64. The number of rotatable bonds is 7. The fraction of sp³-hybridized carbons (Fsp3) is 0.235. The quantitative estimate of drug-likeness (QED) is 0.799. The smallest absolute Gasteiger partial charge is 0.257 e. The average Bonchev–Trinajstić information content (AvgIpc) is 2.54. The van der Waals surface area contributed by atoms with Gasteiger partial charge in [-0.05, 0) is 42.3 Å². The number of carbonyl (C=O) groups excluding carboxylic acids is 1. The number of hydrogen-bond donors (Lipinski definition) is 1. The predicted octanol–water partition coefficient (Wildman–Crippen LogP) is 3.33. The molecule has 23 heavy (non-hydrogen) atoms. The zero-order valence-electron chi connectivity index (χ0n) is 12.6. The van der Waals surface area contributed by atoms with E-state index >= 15 is 0 Å². The molecule has 0 aliphatic heterocycles. The van der Waals surface area contributed by atoms with Crippen LogP contribution in [0.15, 0.2) is 46.9 Å². The molecule has 0 spiro atoms. The van der Waals surface area contributed by atoms with Crippen molar-refractivity contribution in [2.75, 3.05) is 20.3 Å². The predicted molar refractivity (Wildman–Crippen MR) is 89.3 cm³/mol. The molecule has 6 heteroatoms. The third kappa shape index (κ3) is 5.56. The molecule has 0 aliphatic carbocycles. The van der Waals surface area contributed by atoms with Crippen LogP contribution >= 0.6 is 15.9 Å². The van der Waals surface area contributed by atoms with Gasteiger partial charge >= 0.3 is 0 Å². The lowest BCUT2D eigenvalue weighted by atomic mass is 10.1. The van der Waals surface area contributed by atoms with Gasteiger partial charge in [0.1, 0.15) is 5.75 Å². The van der Waals surface area contributed by atoms with E-state index in [1.807, 2.05) is 24.3 Å². The normalized spacial score (nSPS) is 10.2. The number of hydrogen-bond acceptors (Lipinski definition) is 3. The number of halogens is 2. The van der Waals surface area contributed by atoms with Crippen LogP contribution in [0, 0.1) is 5.82 Å². The van der Waals surface area contributed by atoms with E-state index in [-0.39, 0.29) is 18.3 Å². The van der Waals surface area contributed by atoms with Crippen LogP contribution < -0.4 is 14.8 Å². The third-order valence-electron chi connectivity index (χ3n) is 3.15. The van der Waals surface area contributed by atoms with Crippen LogP contribution in [0.25, 0.3) is 0 Å². The highest BCUT2D eigenvalue weighted by molar-refractivity contribution is 9.10. The molecule has 0 saturated carbocycles. The Morgan fingerprint density at radius 2 is 1.96 bits per heavy atom. The van der Waals surface area contributed by atoms with Crippen LogP contribution in [0.2, 0.25) is 0 Å². The van der Waals surface area contributed by atoms with E-state index in [0.29, 0.717) is 17.4 Å². The summed E-state index contributed by atoms with van der Waals surface area (Å²) >= 11 is 3.16. The molecular formula is C17H17BrFNO3. The molecule has 2 rings (SSSR count). The molecule has 0 saturated heterocycles. The number of amides is 1. The van der Waals surface area contributed by atoms with Gasteiger partial charge in [0.05, 0.1) is 7.11 Å². The van der Waals surface area contributed by atoms with Crippen molar-refractivity contribution < 1.29 is 18.7 Å². The number of methoxy groups -OCH3 is 1. The topological polar surface area (TPSA) is 47.6 Å². The van der Waals surface area contributed by atoms with Gasteiger partial charge in [0.2, 0.25) is 0 Å². The van der Waals surface area contributed by atoms with E-state index in [1.165, 1.54) is 12.1 Å². The molecule has 0 radical (unpaired) electrons. The average molecular weight is 382 g/mol. The van der Waals surface area contributed by atoms with Crippen molar-refractivity contribution in [3.8, 4) is 11.5 Å². The monoisotopic (exact) mass is 381 g/mol. The Morgan fingerprint density at radius 1 is 1.22 bits per heavy atom. The fourth-order valence-corrected chi connectivity index (χ4v) is 2.26. The standard InChI is InChI=1S/C17H17BrFNO3/c1-22-14-5-2-12(3-6-14)8-9-20-17(21)11-23-16-7-4-13(18)10-15(16)19/h2-7,10H,8-9,11H2,1H3,(H,20,21). The van der Waals surface area contributed by atoms with Gasteiger partial charge in [0.15, 0.2) is 18.2 Å². The highest BCUT2D eigenvalue weighted by Crippen LogP contribution is 2.21. The van der Waals surface area contributed by atoms with Gasteiger partial charge in [-0.25, -0.2) is 4.39 Å². The molecule has 0 aromatic heterocycles. The summed E-state index contributed by atoms with van der Waals surface area (Å²) in [6.45, 7) is 0.262. The van der Waals surface area contributed by atoms with Gasteiger partial charge in [0.25, 0.3) is 5.91 Å². The molecule has 0 aliphatic rings. The maximum Gasteiger partial charge on any atom is 0.257 e. The van der Waals surface area contributed by atoms with Gasteiger partial charge in [-0.15, -0.1) is 0 Å². The van der Waals surface area contributed by atoms with Gasteiger partial charge in [0, 0.05) is 11.0 Å². The van der Waals surface area contributed by atoms with E-state index in [9.17, 15) is 9.18 Å². The molecule has 0 fully saturated rings. The lowest BCUT2D eigenvalue weighted by Gasteiger charge is -2.09. The summed E-state index contributed by atoms with van der Waals surface area (Å²) in [5.74, 6) is 0.0486. The van der Waals surface area contributed by atoms with Crippen molar-refractivity contribution in [2.24, 2.45) is 0 Å². The zero-order chi connectivity index (χ0) is 16.7. The fourth-order valence-electron chi connectivity index (χ4n) is 1.93. The second-order valence-corrected chi connectivity index (χ2v) is 5.73. The second kappa shape index (κ2) is 8.53. The summed E-state index contributed by atoms with van der Waals surface area (Å²) in [6.07, 6.45) is 0.697. The van der Waals surface area contributed by atoms with Crippen molar-refractivity contribution in [1.82, 2.24) is 5.32 Å². The minimum atomic E-state index is -0.509. The molecule has 1 N–H and O–H groups in total. The Hall–Kier alpha value is -2.08. The summed E-state index contributed by atoms with van der Waals surface area (Å²) in [6, 6.07) is 12.0. The summed E-state index contributed by atoms with van der Waals surface area (Å²) in [4.78, 5) is 11.7. The van der Waals surface area contributed by atoms with Crippen molar-refractivity contribution in [3.63, 3.8) is 0 Å². The Bertz CT molecular complexity index is 661. The molecule has 122 valence electrons. The van der Waals surface area contributed by atoms with E-state index in [1.54, 1.807) is 13.2 Å². The highest BCUT2D eigenvalue weighted by atomic mass is 79.9.